The number of rotatable bonds is 8. The second-order valence-electron chi connectivity index (χ2n) is 5.14. The largest absolute Gasteiger partial charge is 0.394 e. The SMILES string of the molecule is N=Cc1nc(NCc2ccc(Cl)c(Cl)c2)[nH]c(=O)c1NCC(O)CO. The van der Waals surface area contributed by atoms with E-state index in [-0.39, 0.29) is 23.9 Å². The van der Waals surface area contributed by atoms with Crippen LogP contribution >= 0.6 is 23.2 Å². The number of H-pyrrole nitrogens is 1. The van der Waals surface area contributed by atoms with Gasteiger partial charge < -0.3 is 26.3 Å². The van der Waals surface area contributed by atoms with Gasteiger partial charge in [-0.1, -0.05) is 29.3 Å². The summed E-state index contributed by atoms with van der Waals surface area (Å²) in [4.78, 5) is 18.8. The van der Waals surface area contributed by atoms with Crippen molar-refractivity contribution in [1.82, 2.24) is 9.97 Å². The van der Waals surface area contributed by atoms with Crippen molar-refractivity contribution in [3.8, 4) is 0 Å². The van der Waals surface area contributed by atoms with Crippen molar-refractivity contribution >= 4 is 41.1 Å². The molecule has 2 aromatic rings. The van der Waals surface area contributed by atoms with Gasteiger partial charge in [-0.2, -0.15) is 0 Å². The van der Waals surface area contributed by atoms with E-state index in [9.17, 15) is 9.90 Å². The average molecular weight is 386 g/mol. The summed E-state index contributed by atoms with van der Waals surface area (Å²) in [5.41, 5.74) is 0.477. The summed E-state index contributed by atoms with van der Waals surface area (Å²) in [6.45, 7) is -0.146. The van der Waals surface area contributed by atoms with E-state index < -0.39 is 18.3 Å². The molecule has 0 aliphatic carbocycles. The lowest BCUT2D eigenvalue weighted by Gasteiger charge is -2.13. The highest BCUT2D eigenvalue weighted by Gasteiger charge is 2.11. The summed E-state index contributed by atoms with van der Waals surface area (Å²) in [6, 6.07) is 5.14. The van der Waals surface area contributed by atoms with Crippen LogP contribution in [0.4, 0.5) is 11.6 Å². The molecular formula is C15H17Cl2N5O3. The topological polar surface area (TPSA) is 134 Å². The zero-order valence-corrected chi connectivity index (χ0v) is 14.5. The Balaban J connectivity index is 2.14. The van der Waals surface area contributed by atoms with Gasteiger partial charge in [0.2, 0.25) is 5.95 Å². The van der Waals surface area contributed by atoms with Crippen molar-refractivity contribution in [2.75, 3.05) is 23.8 Å². The molecule has 2 rings (SSSR count). The molecule has 0 spiro atoms. The van der Waals surface area contributed by atoms with Crippen LogP contribution < -0.4 is 16.2 Å². The number of benzene rings is 1. The Morgan fingerprint density at radius 2 is 2.08 bits per heavy atom. The lowest BCUT2D eigenvalue weighted by Crippen LogP contribution is -2.28. The molecule has 0 amide bonds. The average Bonchev–Trinajstić information content (AvgIpc) is 2.60. The van der Waals surface area contributed by atoms with E-state index in [0.717, 1.165) is 11.8 Å². The Hall–Kier alpha value is -2.13. The molecule has 1 aromatic carbocycles. The van der Waals surface area contributed by atoms with Gasteiger partial charge in [0.05, 0.1) is 22.8 Å². The highest BCUT2D eigenvalue weighted by molar-refractivity contribution is 6.42. The smallest absolute Gasteiger partial charge is 0.276 e. The predicted octanol–water partition coefficient (Wildman–Crippen LogP) is 1.45. The van der Waals surface area contributed by atoms with Crippen LogP contribution in [-0.2, 0) is 6.54 Å². The van der Waals surface area contributed by atoms with Crippen molar-refractivity contribution < 1.29 is 10.2 Å². The molecule has 0 saturated carbocycles. The van der Waals surface area contributed by atoms with Crippen molar-refractivity contribution in [1.29, 1.82) is 5.41 Å². The molecule has 1 aromatic heterocycles. The summed E-state index contributed by atoms with van der Waals surface area (Å²) in [6.07, 6.45) is -0.0989. The van der Waals surface area contributed by atoms with Gasteiger partial charge in [0.15, 0.2) is 0 Å². The lowest BCUT2D eigenvalue weighted by molar-refractivity contribution is 0.105. The maximum atomic E-state index is 12.1. The zero-order valence-electron chi connectivity index (χ0n) is 13.0. The van der Waals surface area contributed by atoms with E-state index in [0.29, 0.717) is 16.6 Å². The molecule has 134 valence electrons. The molecule has 0 aliphatic heterocycles. The van der Waals surface area contributed by atoms with Crippen LogP contribution in [0.2, 0.25) is 10.0 Å². The van der Waals surface area contributed by atoms with E-state index in [4.69, 9.17) is 33.7 Å². The van der Waals surface area contributed by atoms with Gasteiger partial charge in [0, 0.05) is 19.3 Å². The number of aliphatic hydroxyl groups is 2. The van der Waals surface area contributed by atoms with E-state index in [1.165, 1.54) is 0 Å². The first kappa shape index (κ1) is 19.2. The van der Waals surface area contributed by atoms with E-state index >= 15 is 0 Å². The summed E-state index contributed by atoms with van der Waals surface area (Å²) in [5.74, 6) is 0.183. The Labute approximate surface area is 153 Å². The quantitative estimate of drug-likeness (QED) is 0.381. The Bertz CT molecular complexity index is 812. The molecule has 0 fully saturated rings. The van der Waals surface area contributed by atoms with Crippen LogP contribution in [0.15, 0.2) is 23.0 Å². The van der Waals surface area contributed by atoms with Crippen LogP contribution in [0.3, 0.4) is 0 Å². The molecule has 0 bridgehead atoms. The van der Waals surface area contributed by atoms with Crippen LogP contribution in [0.25, 0.3) is 0 Å². The number of aliphatic hydroxyl groups excluding tert-OH is 2. The molecule has 0 aliphatic rings. The lowest BCUT2D eigenvalue weighted by atomic mass is 10.2. The normalized spacial score (nSPS) is 11.8. The number of hydrogen-bond acceptors (Lipinski definition) is 7. The minimum absolute atomic E-state index is 0.0435. The van der Waals surface area contributed by atoms with Gasteiger partial charge in [-0.3, -0.25) is 9.78 Å². The minimum atomic E-state index is -1.02. The first-order valence-electron chi connectivity index (χ1n) is 7.30. The first-order valence-corrected chi connectivity index (χ1v) is 8.05. The number of aromatic nitrogens is 2. The fraction of sp³-hybridized carbons (Fsp3) is 0.267. The van der Waals surface area contributed by atoms with Crippen LogP contribution in [0, 0.1) is 5.41 Å². The fourth-order valence-corrected chi connectivity index (χ4v) is 2.29. The summed E-state index contributed by atoms with van der Waals surface area (Å²) < 4.78 is 0. The maximum absolute atomic E-state index is 12.1. The molecule has 8 nitrogen and oxygen atoms in total. The molecule has 0 radical (unpaired) electrons. The second-order valence-corrected chi connectivity index (χ2v) is 5.95. The van der Waals surface area contributed by atoms with Crippen LogP contribution in [-0.4, -0.2) is 45.7 Å². The molecule has 1 atom stereocenters. The van der Waals surface area contributed by atoms with Gasteiger partial charge in [-0.05, 0) is 17.7 Å². The first-order chi connectivity index (χ1) is 11.9. The number of hydrogen-bond donors (Lipinski definition) is 6. The predicted molar refractivity (Wildman–Crippen MR) is 98.1 cm³/mol. The van der Waals surface area contributed by atoms with Gasteiger partial charge in [-0.25, -0.2) is 4.98 Å². The van der Waals surface area contributed by atoms with Gasteiger partial charge >= 0.3 is 0 Å². The van der Waals surface area contributed by atoms with E-state index in [1.807, 2.05) is 0 Å². The number of anilines is 2. The van der Waals surface area contributed by atoms with Gasteiger partial charge in [0.25, 0.3) is 5.56 Å². The van der Waals surface area contributed by atoms with Crippen molar-refractivity contribution in [3.05, 3.63) is 49.9 Å². The number of nitrogens with one attached hydrogen (secondary N) is 4. The third-order valence-electron chi connectivity index (χ3n) is 3.25. The van der Waals surface area contributed by atoms with Crippen LogP contribution in [0.1, 0.15) is 11.3 Å². The molecule has 25 heavy (non-hydrogen) atoms. The summed E-state index contributed by atoms with van der Waals surface area (Å²) >= 11 is 11.8. The minimum Gasteiger partial charge on any atom is -0.394 e. The summed E-state index contributed by atoms with van der Waals surface area (Å²) in [7, 11) is 0. The summed E-state index contributed by atoms with van der Waals surface area (Å²) in [5, 5.41) is 32.0. The Morgan fingerprint density at radius 1 is 1.32 bits per heavy atom. The zero-order chi connectivity index (χ0) is 18.4. The molecule has 6 N–H and O–H groups in total. The Kier molecular flexibility index (Phi) is 6.77. The van der Waals surface area contributed by atoms with Gasteiger partial charge in [0.1, 0.15) is 11.4 Å². The fourth-order valence-electron chi connectivity index (χ4n) is 1.97. The highest BCUT2D eigenvalue weighted by atomic mass is 35.5. The maximum Gasteiger partial charge on any atom is 0.276 e. The van der Waals surface area contributed by atoms with E-state index in [1.54, 1.807) is 18.2 Å². The second kappa shape index (κ2) is 8.82. The van der Waals surface area contributed by atoms with E-state index in [2.05, 4.69) is 20.6 Å². The molecule has 0 saturated heterocycles. The molecule has 10 heteroatoms. The third kappa shape index (κ3) is 5.17. The number of halogens is 2. The van der Waals surface area contributed by atoms with Gasteiger partial charge in [-0.15, -0.1) is 0 Å². The third-order valence-corrected chi connectivity index (χ3v) is 3.99. The standard InChI is InChI=1S/C15H17Cl2N5O3/c16-10-2-1-8(3-11(10)17)5-20-15-21-12(4-18)13(14(25)22-15)19-6-9(24)7-23/h1-4,9,18-19,23-24H,5-7H2,(H2,20,21,22,25). The highest BCUT2D eigenvalue weighted by Crippen LogP contribution is 2.22. The van der Waals surface area contributed by atoms with Crippen molar-refractivity contribution in [2.24, 2.45) is 0 Å². The molecule has 1 unspecified atom stereocenters. The number of aromatic amines is 1. The molecular weight excluding hydrogens is 369 g/mol. The molecule has 1 heterocycles. The van der Waals surface area contributed by atoms with Crippen molar-refractivity contribution in [2.45, 2.75) is 12.6 Å². The van der Waals surface area contributed by atoms with Crippen molar-refractivity contribution in [3.63, 3.8) is 0 Å². The monoisotopic (exact) mass is 385 g/mol. The Morgan fingerprint density at radius 3 is 2.72 bits per heavy atom. The number of nitrogens with zero attached hydrogens (tertiary/aromatic N) is 1. The van der Waals surface area contributed by atoms with Crippen LogP contribution in [0.5, 0.6) is 0 Å².